The van der Waals surface area contributed by atoms with Crippen LogP contribution in [-0.2, 0) is 0 Å². The molecule has 0 saturated heterocycles. The van der Waals surface area contributed by atoms with E-state index in [2.05, 4.69) is 71.3 Å². The number of para-hydroxylation sites is 1. The Morgan fingerprint density at radius 2 is 1.09 bits per heavy atom. The average Bonchev–Trinajstić information content (AvgIpc) is 3.62. The van der Waals surface area contributed by atoms with Gasteiger partial charge in [-0.3, -0.25) is 0 Å². The van der Waals surface area contributed by atoms with Crippen LogP contribution in [0.1, 0.15) is 16.7 Å². The van der Waals surface area contributed by atoms with Gasteiger partial charge >= 0.3 is 0 Å². The molecule has 0 unspecified atom stereocenters. The molecule has 6 aromatic carbocycles. The van der Waals surface area contributed by atoms with Crippen molar-refractivity contribution >= 4 is 43.7 Å². The monoisotopic (exact) mass is 560 g/mol. The van der Waals surface area contributed by atoms with E-state index in [1.807, 2.05) is 54.6 Å². The van der Waals surface area contributed by atoms with Gasteiger partial charge in [-0.15, -0.1) is 0 Å². The van der Waals surface area contributed by atoms with Crippen LogP contribution in [-0.4, -0.2) is 4.57 Å². The van der Waals surface area contributed by atoms with E-state index < -0.39 is 0 Å². The van der Waals surface area contributed by atoms with Crippen molar-refractivity contribution in [3.63, 3.8) is 0 Å². The van der Waals surface area contributed by atoms with Crippen LogP contribution in [0.25, 0.3) is 71.7 Å². The molecule has 8 rings (SSSR count). The van der Waals surface area contributed by atoms with Gasteiger partial charge in [-0.05, 0) is 83.4 Å². The van der Waals surface area contributed by atoms with E-state index in [1.165, 1.54) is 0 Å². The summed E-state index contributed by atoms with van der Waals surface area (Å²) in [6.45, 7) is 0. The van der Waals surface area contributed by atoms with Crippen molar-refractivity contribution in [1.82, 2.24) is 4.57 Å². The smallest absolute Gasteiger partial charge is 0.135 e. The molecule has 2 heterocycles. The maximum Gasteiger partial charge on any atom is 0.135 e. The zero-order chi connectivity index (χ0) is 29.8. The van der Waals surface area contributed by atoms with Crippen LogP contribution in [0, 0.1) is 34.0 Å². The summed E-state index contributed by atoms with van der Waals surface area (Å²) in [7, 11) is 0. The highest BCUT2D eigenvalue weighted by atomic mass is 16.3. The fourth-order valence-electron chi connectivity index (χ4n) is 6.36. The normalized spacial score (nSPS) is 11.1. The number of hydrogen-bond acceptors (Lipinski definition) is 4. The van der Waals surface area contributed by atoms with Gasteiger partial charge in [-0.1, -0.05) is 54.6 Å². The molecule has 0 saturated carbocycles. The van der Waals surface area contributed by atoms with Crippen LogP contribution in [0.15, 0.2) is 126 Å². The predicted molar refractivity (Wildman–Crippen MR) is 173 cm³/mol. The maximum absolute atomic E-state index is 9.90. The van der Waals surface area contributed by atoms with Gasteiger partial charge in [0.2, 0.25) is 0 Å². The lowest BCUT2D eigenvalue weighted by atomic mass is 9.94. The van der Waals surface area contributed by atoms with Gasteiger partial charge < -0.3 is 8.98 Å². The fourth-order valence-corrected chi connectivity index (χ4v) is 6.36. The maximum atomic E-state index is 9.90. The Bertz CT molecular complexity index is 2570. The lowest BCUT2D eigenvalue weighted by Crippen LogP contribution is -1.94. The van der Waals surface area contributed by atoms with Gasteiger partial charge in [0.25, 0.3) is 0 Å². The van der Waals surface area contributed by atoms with Gasteiger partial charge in [0.15, 0.2) is 0 Å². The molecule has 0 aliphatic carbocycles. The van der Waals surface area contributed by atoms with E-state index in [9.17, 15) is 15.8 Å². The summed E-state index contributed by atoms with van der Waals surface area (Å²) in [6, 6.07) is 46.3. The molecule has 0 atom stereocenters. The number of hydrogen-bond donors (Lipinski definition) is 0. The Hall–Kier alpha value is -6.61. The summed E-state index contributed by atoms with van der Waals surface area (Å²) in [4.78, 5) is 0. The Balaban J connectivity index is 1.45. The minimum atomic E-state index is 0.452. The highest BCUT2D eigenvalue weighted by Crippen LogP contribution is 2.40. The zero-order valence-corrected chi connectivity index (χ0v) is 23.2. The molecule has 0 bridgehead atoms. The quantitative estimate of drug-likeness (QED) is 0.215. The minimum absolute atomic E-state index is 0.452. The van der Waals surface area contributed by atoms with Gasteiger partial charge in [0.1, 0.15) is 11.2 Å². The average molecular weight is 561 g/mol. The molecule has 5 nitrogen and oxygen atoms in total. The molecule has 0 aliphatic rings. The van der Waals surface area contributed by atoms with E-state index in [1.54, 1.807) is 18.2 Å². The number of fused-ring (bicyclic) bond motifs is 6. The molecule has 202 valence electrons. The fraction of sp³-hybridized carbons (Fsp3) is 0. The molecule has 0 fully saturated rings. The molecular weight excluding hydrogens is 540 g/mol. The predicted octanol–water partition coefficient (Wildman–Crippen LogP) is 9.63. The number of nitriles is 3. The van der Waals surface area contributed by atoms with E-state index in [0.717, 1.165) is 66.1 Å². The van der Waals surface area contributed by atoms with E-state index in [0.29, 0.717) is 22.3 Å². The van der Waals surface area contributed by atoms with E-state index in [4.69, 9.17) is 4.42 Å². The highest BCUT2D eigenvalue weighted by Gasteiger charge is 2.18. The van der Waals surface area contributed by atoms with Crippen LogP contribution < -0.4 is 0 Å². The summed E-state index contributed by atoms with van der Waals surface area (Å²) in [5.74, 6) is 0. The van der Waals surface area contributed by atoms with E-state index in [-0.39, 0.29) is 0 Å². The summed E-state index contributed by atoms with van der Waals surface area (Å²) in [5, 5.41) is 33.7. The lowest BCUT2D eigenvalue weighted by Gasteiger charge is -2.10. The van der Waals surface area contributed by atoms with Crippen molar-refractivity contribution in [2.45, 2.75) is 0 Å². The van der Waals surface area contributed by atoms with Crippen molar-refractivity contribution in [2.75, 3.05) is 0 Å². The van der Waals surface area contributed by atoms with Crippen LogP contribution in [0.5, 0.6) is 0 Å². The third-order valence-electron chi connectivity index (χ3n) is 8.34. The number of nitrogens with zero attached hydrogens (tertiary/aromatic N) is 4. The molecule has 0 aliphatic heterocycles. The largest absolute Gasteiger partial charge is 0.456 e. The first kappa shape index (κ1) is 25.1. The molecule has 0 N–H and O–H groups in total. The first-order valence-corrected chi connectivity index (χ1v) is 14.1. The Morgan fingerprint density at radius 1 is 0.477 bits per heavy atom. The van der Waals surface area contributed by atoms with Crippen molar-refractivity contribution in [3.05, 3.63) is 138 Å². The number of benzene rings is 6. The molecule has 8 aromatic rings. The first-order valence-electron chi connectivity index (χ1n) is 14.1. The second-order valence-electron chi connectivity index (χ2n) is 10.7. The van der Waals surface area contributed by atoms with Gasteiger partial charge in [0, 0.05) is 32.8 Å². The second kappa shape index (κ2) is 9.74. The van der Waals surface area contributed by atoms with Crippen molar-refractivity contribution < 1.29 is 4.42 Å². The summed E-state index contributed by atoms with van der Waals surface area (Å²) in [6.07, 6.45) is 0. The number of aromatic nitrogens is 1. The third-order valence-corrected chi connectivity index (χ3v) is 8.34. The van der Waals surface area contributed by atoms with Crippen molar-refractivity contribution in [1.29, 1.82) is 15.8 Å². The Labute approximate surface area is 252 Å². The molecule has 2 aromatic heterocycles. The molecular formula is C39H20N4O. The number of furan rings is 1. The first-order chi connectivity index (χ1) is 21.7. The lowest BCUT2D eigenvalue weighted by molar-refractivity contribution is 0.669. The molecule has 0 spiro atoms. The molecule has 0 radical (unpaired) electrons. The SMILES string of the molecule is N#Cc1ccccc1-c1ccc2c(c1)c1cc(-c3c(C#N)cccc3C#N)ccc1n2-c1ccc2oc3ccccc3c2c1. The van der Waals surface area contributed by atoms with Crippen molar-refractivity contribution in [3.8, 4) is 46.1 Å². The van der Waals surface area contributed by atoms with Gasteiger partial charge in [-0.2, -0.15) is 15.8 Å². The molecule has 0 amide bonds. The van der Waals surface area contributed by atoms with Crippen LogP contribution in [0.4, 0.5) is 0 Å². The van der Waals surface area contributed by atoms with Crippen LogP contribution in [0.3, 0.4) is 0 Å². The van der Waals surface area contributed by atoms with Crippen LogP contribution >= 0.6 is 0 Å². The molecule has 5 heteroatoms. The summed E-state index contributed by atoms with van der Waals surface area (Å²) >= 11 is 0. The second-order valence-corrected chi connectivity index (χ2v) is 10.7. The minimum Gasteiger partial charge on any atom is -0.456 e. The zero-order valence-electron chi connectivity index (χ0n) is 23.2. The summed E-state index contributed by atoms with van der Waals surface area (Å²) < 4.78 is 8.34. The van der Waals surface area contributed by atoms with E-state index >= 15 is 0 Å². The summed E-state index contributed by atoms with van der Waals surface area (Å²) in [5.41, 5.74) is 9.36. The van der Waals surface area contributed by atoms with Crippen molar-refractivity contribution in [2.24, 2.45) is 0 Å². The Morgan fingerprint density at radius 3 is 1.84 bits per heavy atom. The van der Waals surface area contributed by atoms with Gasteiger partial charge in [0.05, 0.1) is 45.9 Å². The Kier molecular flexibility index (Phi) is 5.56. The third kappa shape index (κ3) is 3.70. The standard InChI is InChI=1S/C39H20N4O/c40-21-26-6-1-2-9-30(26)24-12-15-35-32(18-24)33-19-25(39-27(22-41)7-5-8-28(39)23-42)13-16-36(33)43(35)29-14-17-38-34(20-29)31-10-3-4-11-37(31)44-38/h1-20H. The number of rotatable bonds is 3. The topological polar surface area (TPSA) is 89.4 Å². The molecule has 44 heavy (non-hydrogen) atoms. The van der Waals surface area contributed by atoms with Crippen LogP contribution in [0.2, 0.25) is 0 Å². The highest BCUT2D eigenvalue weighted by molar-refractivity contribution is 6.13. The van der Waals surface area contributed by atoms with Gasteiger partial charge in [-0.25, -0.2) is 0 Å².